The highest BCUT2D eigenvalue weighted by Crippen LogP contribution is 2.39. The number of carbonyl (C=O) groups is 2. The van der Waals surface area contributed by atoms with E-state index < -0.39 is 12.3 Å². The van der Waals surface area contributed by atoms with Crippen molar-refractivity contribution in [3.8, 4) is 0 Å². The third-order valence-corrected chi connectivity index (χ3v) is 8.03. The smallest absolute Gasteiger partial charge is 0.303 e. The number of rotatable bonds is 11. The molecule has 4 aromatic carbocycles. The van der Waals surface area contributed by atoms with Crippen LogP contribution in [-0.2, 0) is 25.7 Å². The van der Waals surface area contributed by atoms with Gasteiger partial charge in [-0.25, -0.2) is 0 Å². The number of nitrogens with one attached hydrogen (secondary N) is 1. The molecule has 1 saturated heterocycles. The molecule has 1 amide bonds. The Morgan fingerprint density at radius 3 is 2.42 bits per heavy atom. The van der Waals surface area contributed by atoms with Gasteiger partial charge in [-0.2, -0.15) is 0 Å². The second kappa shape index (κ2) is 13.9. The van der Waals surface area contributed by atoms with Crippen LogP contribution in [0.15, 0.2) is 91.0 Å². The summed E-state index contributed by atoms with van der Waals surface area (Å²) in [5.74, 6) is -1.38. The number of carboxylic acids is 1. The largest absolute Gasteiger partial charge is 0.481 e. The number of aliphatic hydroxyl groups excluding tert-OH is 1. The van der Waals surface area contributed by atoms with E-state index in [0.29, 0.717) is 18.7 Å². The number of hydrogen-bond acceptors (Lipinski definition) is 6. The summed E-state index contributed by atoms with van der Waals surface area (Å²) < 4.78 is 13.0. The molecule has 4 atom stereocenters. The maximum atomic E-state index is 12.3. The number of benzene rings is 4. The molecule has 8 heteroatoms. The van der Waals surface area contributed by atoms with Crippen molar-refractivity contribution < 1.29 is 29.3 Å². The molecule has 1 fully saturated rings. The van der Waals surface area contributed by atoms with Gasteiger partial charge in [0.2, 0.25) is 5.91 Å². The van der Waals surface area contributed by atoms with Crippen LogP contribution >= 0.6 is 0 Å². The predicted octanol–water partition coefficient (Wildman–Crippen LogP) is 6.37. The van der Waals surface area contributed by atoms with Crippen LogP contribution < -0.4 is 5.32 Å². The molecule has 0 aliphatic carbocycles. The second-order valence-electron chi connectivity index (χ2n) is 11.1. The first-order chi connectivity index (χ1) is 20.8. The van der Waals surface area contributed by atoms with Crippen LogP contribution in [0.25, 0.3) is 10.8 Å². The summed E-state index contributed by atoms with van der Waals surface area (Å²) in [4.78, 5) is 25.4. The molecule has 0 bridgehead atoms. The molecular formula is C35H38N2O6. The minimum absolute atomic E-state index is 0.0252. The number of amides is 1. The summed E-state index contributed by atoms with van der Waals surface area (Å²) in [6.07, 6.45) is -0.760. The van der Waals surface area contributed by atoms with Crippen LogP contribution in [0, 0.1) is 0 Å². The first-order valence-electron chi connectivity index (χ1n) is 14.6. The van der Waals surface area contributed by atoms with E-state index in [-0.39, 0.29) is 43.6 Å². The zero-order valence-corrected chi connectivity index (χ0v) is 24.5. The van der Waals surface area contributed by atoms with Gasteiger partial charge in [0.25, 0.3) is 0 Å². The molecule has 0 saturated carbocycles. The standard InChI is InChI=1S/C35H38N2O6/c1-23(27-15-14-25-6-3-4-7-28(25)18-27)37(2)21-31-20-32(26-12-10-24(22-38)11-13-26)43-35(42-31)29-8-5-9-30(19-29)36-33(39)16-17-34(40)41/h3-15,18-19,23,31-32,35,38H,16-17,20-22H2,1-2H3,(H,36,39)(H,40,41). The van der Waals surface area contributed by atoms with Gasteiger partial charge in [0, 0.05) is 36.7 Å². The number of anilines is 1. The summed E-state index contributed by atoms with van der Waals surface area (Å²) in [6, 6.07) is 30.1. The van der Waals surface area contributed by atoms with Crippen LogP contribution in [0.5, 0.6) is 0 Å². The van der Waals surface area contributed by atoms with Gasteiger partial charge in [0.15, 0.2) is 6.29 Å². The van der Waals surface area contributed by atoms with Gasteiger partial charge < -0.3 is 25.0 Å². The lowest BCUT2D eigenvalue weighted by molar-refractivity contribution is -0.253. The van der Waals surface area contributed by atoms with Crippen molar-refractivity contribution in [2.75, 3.05) is 18.9 Å². The number of ether oxygens (including phenoxy) is 2. The lowest BCUT2D eigenvalue weighted by atomic mass is 9.98. The molecule has 8 nitrogen and oxygen atoms in total. The zero-order valence-electron chi connectivity index (χ0n) is 24.5. The third kappa shape index (κ3) is 7.86. The quantitative estimate of drug-likeness (QED) is 0.188. The number of likely N-dealkylation sites (N-methyl/N-ethyl adjacent to an activating group) is 1. The van der Waals surface area contributed by atoms with E-state index in [1.54, 1.807) is 12.1 Å². The maximum Gasteiger partial charge on any atom is 0.303 e. The zero-order chi connectivity index (χ0) is 30.3. The van der Waals surface area contributed by atoms with E-state index in [0.717, 1.165) is 16.7 Å². The highest BCUT2D eigenvalue weighted by Gasteiger charge is 2.33. The summed E-state index contributed by atoms with van der Waals surface area (Å²) in [5.41, 5.74) is 4.36. The molecule has 4 aromatic rings. The fourth-order valence-electron chi connectivity index (χ4n) is 5.44. The second-order valence-corrected chi connectivity index (χ2v) is 11.1. The van der Waals surface area contributed by atoms with Gasteiger partial charge in [-0.3, -0.25) is 14.5 Å². The summed E-state index contributed by atoms with van der Waals surface area (Å²) >= 11 is 0. The van der Waals surface area contributed by atoms with Crippen molar-refractivity contribution >= 4 is 28.3 Å². The van der Waals surface area contributed by atoms with Crippen molar-refractivity contribution in [1.82, 2.24) is 4.90 Å². The molecule has 43 heavy (non-hydrogen) atoms. The topological polar surface area (TPSA) is 108 Å². The highest BCUT2D eigenvalue weighted by atomic mass is 16.7. The van der Waals surface area contributed by atoms with E-state index in [2.05, 4.69) is 60.6 Å². The van der Waals surface area contributed by atoms with Gasteiger partial charge in [-0.1, -0.05) is 72.8 Å². The summed E-state index contributed by atoms with van der Waals surface area (Å²) in [6.45, 7) is 2.84. The minimum atomic E-state index is -1.02. The Morgan fingerprint density at radius 1 is 0.907 bits per heavy atom. The van der Waals surface area contributed by atoms with Gasteiger partial charge in [-0.05, 0) is 59.6 Å². The van der Waals surface area contributed by atoms with Gasteiger partial charge in [0.05, 0.1) is 25.2 Å². The van der Waals surface area contributed by atoms with Crippen molar-refractivity contribution in [2.45, 2.75) is 57.3 Å². The summed E-state index contributed by atoms with van der Waals surface area (Å²) in [5, 5.41) is 23.6. The molecule has 1 heterocycles. The molecule has 5 rings (SSSR count). The van der Waals surface area contributed by atoms with E-state index in [1.807, 2.05) is 42.5 Å². The van der Waals surface area contributed by atoms with E-state index >= 15 is 0 Å². The van der Waals surface area contributed by atoms with Crippen molar-refractivity contribution in [3.63, 3.8) is 0 Å². The summed E-state index contributed by atoms with van der Waals surface area (Å²) in [7, 11) is 2.10. The average molecular weight is 583 g/mol. The molecule has 0 radical (unpaired) electrons. The molecule has 1 aliphatic heterocycles. The molecule has 0 aromatic heterocycles. The van der Waals surface area contributed by atoms with Gasteiger partial charge in [-0.15, -0.1) is 0 Å². The number of aliphatic hydroxyl groups is 1. The van der Waals surface area contributed by atoms with Gasteiger partial charge in [0.1, 0.15) is 0 Å². The molecule has 1 aliphatic rings. The fraction of sp³-hybridized carbons (Fsp3) is 0.314. The van der Waals surface area contributed by atoms with Crippen molar-refractivity contribution in [2.24, 2.45) is 0 Å². The van der Waals surface area contributed by atoms with Gasteiger partial charge >= 0.3 is 5.97 Å². The predicted molar refractivity (Wildman–Crippen MR) is 165 cm³/mol. The van der Waals surface area contributed by atoms with Crippen LogP contribution in [0.1, 0.15) is 66.9 Å². The average Bonchev–Trinajstić information content (AvgIpc) is 3.03. The third-order valence-electron chi connectivity index (χ3n) is 8.03. The van der Waals surface area contributed by atoms with Crippen LogP contribution in [-0.4, -0.2) is 46.7 Å². The number of fused-ring (bicyclic) bond motifs is 1. The van der Waals surface area contributed by atoms with Crippen LogP contribution in [0.4, 0.5) is 5.69 Å². The van der Waals surface area contributed by atoms with E-state index in [1.165, 1.54) is 16.3 Å². The highest BCUT2D eigenvalue weighted by molar-refractivity contribution is 5.92. The number of carbonyl (C=O) groups excluding carboxylic acids is 1. The molecule has 224 valence electrons. The SMILES string of the molecule is CC(c1ccc2ccccc2c1)N(C)CC1CC(c2ccc(CO)cc2)OC(c2cccc(NC(=O)CCC(=O)O)c2)O1. The fourth-order valence-corrected chi connectivity index (χ4v) is 5.44. The van der Waals surface area contributed by atoms with Crippen LogP contribution in [0.3, 0.4) is 0 Å². The Kier molecular flexibility index (Phi) is 9.84. The molecular weight excluding hydrogens is 544 g/mol. The normalized spacial score (nSPS) is 19.3. The van der Waals surface area contributed by atoms with Crippen molar-refractivity contribution in [1.29, 1.82) is 0 Å². The minimum Gasteiger partial charge on any atom is -0.481 e. The molecule has 3 N–H and O–H groups in total. The Hall–Kier alpha value is -4.08. The first kappa shape index (κ1) is 30.4. The molecule has 4 unspecified atom stereocenters. The van der Waals surface area contributed by atoms with E-state index in [9.17, 15) is 14.7 Å². The van der Waals surface area contributed by atoms with Crippen molar-refractivity contribution in [3.05, 3.63) is 113 Å². The monoisotopic (exact) mass is 582 g/mol. The number of nitrogens with zero attached hydrogens (tertiary/aromatic N) is 1. The first-order valence-corrected chi connectivity index (χ1v) is 14.6. The maximum absolute atomic E-state index is 12.3. The Morgan fingerprint density at radius 2 is 1.67 bits per heavy atom. The number of hydrogen-bond donors (Lipinski definition) is 3. The van der Waals surface area contributed by atoms with E-state index in [4.69, 9.17) is 14.6 Å². The molecule has 0 spiro atoms. The number of aliphatic carboxylic acids is 1. The lowest BCUT2D eigenvalue weighted by Crippen LogP contribution is -2.38. The van der Waals surface area contributed by atoms with Crippen LogP contribution in [0.2, 0.25) is 0 Å². The Balaban J connectivity index is 1.34. The number of carboxylic acid groups (broad SMARTS) is 1. The Bertz CT molecular complexity index is 1560. The lowest BCUT2D eigenvalue weighted by Gasteiger charge is -2.39. The Labute approximate surface area is 251 Å².